The third kappa shape index (κ3) is 3.04. The van der Waals surface area contributed by atoms with E-state index in [0.717, 1.165) is 34.4 Å². The minimum absolute atomic E-state index is 0.228. The van der Waals surface area contributed by atoms with Crippen LogP contribution in [0, 0.1) is 5.82 Å². The summed E-state index contributed by atoms with van der Waals surface area (Å²) in [5, 5.41) is 4.66. The zero-order valence-corrected chi connectivity index (χ0v) is 13.6. The third-order valence-corrected chi connectivity index (χ3v) is 4.87. The van der Waals surface area contributed by atoms with Gasteiger partial charge in [0.2, 0.25) is 0 Å². The van der Waals surface area contributed by atoms with Crippen LogP contribution in [0.1, 0.15) is 37.8 Å². The SMILES string of the molecule is Fc1ccc(-c2c[nH]c3ncnc(CNC4CCCCC4)c23)cc1. The highest BCUT2D eigenvalue weighted by molar-refractivity contribution is 5.95. The highest BCUT2D eigenvalue weighted by atomic mass is 19.1. The van der Waals surface area contributed by atoms with E-state index in [1.54, 1.807) is 18.5 Å². The Kier molecular flexibility index (Phi) is 4.26. The number of rotatable bonds is 4. The average Bonchev–Trinajstić information content (AvgIpc) is 3.06. The summed E-state index contributed by atoms with van der Waals surface area (Å²) in [4.78, 5) is 12.0. The Morgan fingerprint density at radius 1 is 1.08 bits per heavy atom. The molecule has 0 saturated heterocycles. The predicted octanol–water partition coefficient (Wildman–Crippen LogP) is 4.19. The van der Waals surface area contributed by atoms with E-state index in [0.29, 0.717) is 6.04 Å². The first kappa shape index (κ1) is 15.3. The quantitative estimate of drug-likeness (QED) is 0.757. The van der Waals surface area contributed by atoms with Gasteiger partial charge in [0.05, 0.1) is 5.69 Å². The van der Waals surface area contributed by atoms with E-state index in [-0.39, 0.29) is 5.82 Å². The molecule has 1 aliphatic carbocycles. The van der Waals surface area contributed by atoms with Crippen LogP contribution in [0.25, 0.3) is 22.2 Å². The van der Waals surface area contributed by atoms with Crippen LogP contribution < -0.4 is 5.32 Å². The van der Waals surface area contributed by atoms with Crippen molar-refractivity contribution >= 4 is 11.0 Å². The number of H-pyrrole nitrogens is 1. The fourth-order valence-electron chi connectivity index (χ4n) is 3.57. The number of aromatic amines is 1. The van der Waals surface area contributed by atoms with Crippen molar-refractivity contribution in [3.05, 3.63) is 48.3 Å². The molecule has 1 aliphatic rings. The Morgan fingerprint density at radius 2 is 1.88 bits per heavy atom. The van der Waals surface area contributed by atoms with Crippen LogP contribution in [0.4, 0.5) is 4.39 Å². The molecule has 1 fully saturated rings. The van der Waals surface area contributed by atoms with Gasteiger partial charge < -0.3 is 10.3 Å². The minimum Gasteiger partial charge on any atom is -0.345 e. The van der Waals surface area contributed by atoms with Crippen LogP contribution in [0.3, 0.4) is 0 Å². The van der Waals surface area contributed by atoms with Gasteiger partial charge >= 0.3 is 0 Å². The van der Waals surface area contributed by atoms with E-state index in [4.69, 9.17) is 0 Å². The van der Waals surface area contributed by atoms with E-state index in [1.807, 2.05) is 6.20 Å². The molecule has 1 aromatic carbocycles. The van der Waals surface area contributed by atoms with Gasteiger partial charge in [0.15, 0.2) is 0 Å². The van der Waals surface area contributed by atoms with E-state index < -0.39 is 0 Å². The maximum absolute atomic E-state index is 13.2. The van der Waals surface area contributed by atoms with Crippen molar-refractivity contribution in [1.29, 1.82) is 0 Å². The van der Waals surface area contributed by atoms with E-state index in [1.165, 1.54) is 44.2 Å². The van der Waals surface area contributed by atoms with Gasteiger partial charge in [0.25, 0.3) is 0 Å². The van der Waals surface area contributed by atoms with Crippen molar-refractivity contribution in [3.63, 3.8) is 0 Å². The minimum atomic E-state index is -0.228. The average molecular weight is 324 g/mol. The molecule has 0 unspecified atom stereocenters. The Hall–Kier alpha value is -2.27. The first-order chi connectivity index (χ1) is 11.8. The lowest BCUT2D eigenvalue weighted by Gasteiger charge is -2.22. The Balaban J connectivity index is 1.65. The number of nitrogens with one attached hydrogen (secondary N) is 2. The molecule has 1 saturated carbocycles. The van der Waals surface area contributed by atoms with Crippen LogP contribution >= 0.6 is 0 Å². The topological polar surface area (TPSA) is 53.6 Å². The van der Waals surface area contributed by atoms with Crippen LogP contribution in [0.5, 0.6) is 0 Å². The van der Waals surface area contributed by atoms with Crippen molar-refractivity contribution in [3.8, 4) is 11.1 Å². The molecular formula is C19H21FN4. The summed E-state index contributed by atoms with van der Waals surface area (Å²) in [6.45, 7) is 0.732. The first-order valence-electron chi connectivity index (χ1n) is 8.61. The highest BCUT2D eigenvalue weighted by Crippen LogP contribution is 2.29. The van der Waals surface area contributed by atoms with Crippen molar-refractivity contribution in [2.24, 2.45) is 0 Å². The summed E-state index contributed by atoms with van der Waals surface area (Å²) in [6.07, 6.45) is 9.98. The van der Waals surface area contributed by atoms with E-state index in [2.05, 4.69) is 20.3 Å². The third-order valence-electron chi connectivity index (χ3n) is 4.87. The number of fused-ring (bicyclic) bond motifs is 1. The Bertz CT molecular complexity index is 819. The number of nitrogens with zero attached hydrogens (tertiary/aromatic N) is 2. The predicted molar refractivity (Wildman–Crippen MR) is 93.0 cm³/mol. The highest BCUT2D eigenvalue weighted by Gasteiger charge is 2.16. The molecule has 4 rings (SSSR count). The van der Waals surface area contributed by atoms with Crippen LogP contribution in [0.15, 0.2) is 36.8 Å². The number of halogens is 1. The van der Waals surface area contributed by atoms with Crippen LogP contribution in [0.2, 0.25) is 0 Å². The molecule has 0 amide bonds. The second kappa shape index (κ2) is 6.69. The molecule has 0 atom stereocenters. The van der Waals surface area contributed by atoms with Gasteiger partial charge in [-0.05, 0) is 30.5 Å². The smallest absolute Gasteiger partial charge is 0.141 e. The molecule has 0 aliphatic heterocycles. The van der Waals surface area contributed by atoms with Gasteiger partial charge in [-0.2, -0.15) is 0 Å². The lowest BCUT2D eigenvalue weighted by molar-refractivity contribution is 0.371. The van der Waals surface area contributed by atoms with Gasteiger partial charge in [-0.3, -0.25) is 0 Å². The van der Waals surface area contributed by atoms with Gasteiger partial charge in [0.1, 0.15) is 17.8 Å². The first-order valence-corrected chi connectivity index (χ1v) is 8.61. The standard InChI is InChI=1S/C19H21FN4/c20-14-8-6-13(7-9-14)16-10-22-19-18(16)17(23-12-24-19)11-21-15-4-2-1-3-5-15/h6-10,12,15,21H,1-5,11H2,(H,22,23,24). The molecular weight excluding hydrogens is 303 g/mol. The molecule has 5 heteroatoms. The summed E-state index contributed by atoms with van der Waals surface area (Å²) in [7, 11) is 0. The van der Waals surface area contributed by atoms with Gasteiger partial charge in [-0.25, -0.2) is 14.4 Å². The normalized spacial score (nSPS) is 15.9. The van der Waals surface area contributed by atoms with Gasteiger partial charge in [-0.15, -0.1) is 0 Å². The monoisotopic (exact) mass is 324 g/mol. The number of hydrogen-bond donors (Lipinski definition) is 2. The van der Waals surface area contributed by atoms with Crippen molar-refractivity contribution in [1.82, 2.24) is 20.3 Å². The molecule has 124 valence electrons. The van der Waals surface area contributed by atoms with Crippen molar-refractivity contribution < 1.29 is 4.39 Å². The molecule has 2 heterocycles. The summed E-state index contributed by atoms with van der Waals surface area (Å²) in [5.74, 6) is -0.228. The number of aromatic nitrogens is 3. The molecule has 0 spiro atoms. The number of benzene rings is 1. The fourth-order valence-corrected chi connectivity index (χ4v) is 3.57. The van der Waals surface area contributed by atoms with Crippen LogP contribution in [-0.4, -0.2) is 21.0 Å². The summed E-state index contributed by atoms with van der Waals surface area (Å²) < 4.78 is 13.2. The van der Waals surface area contributed by atoms with Crippen molar-refractivity contribution in [2.75, 3.05) is 0 Å². The summed E-state index contributed by atoms with van der Waals surface area (Å²) in [5.41, 5.74) is 3.80. The number of hydrogen-bond acceptors (Lipinski definition) is 3. The maximum Gasteiger partial charge on any atom is 0.141 e. The molecule has 2 N–H and O–H groups in total. The molecule has 3 aromatic rings. The lowest BCUT2D eigenvalue weighted by Crippen LogP contribution is -2.30. The fraction of sp³-hybridized carbons (Fsp3) is 0.368. The lowest BCUT2D eigenvalue weighted by atomic mass is 9.95. The largest absolute Gasteiger partial charge is 0.345 e. The second-order valence-electron chi connectivity index (χ2n) is 6.47. The Morgan fingerprint density at radius 3 is 2.67 bits per heavy atom. The summed E-state index contributed by atoms with van der Waals surface area (Å²) >= 11 is 0. The van der Waals surface area contributed by atoms with E-state index in [9.17, 15) is 4.39 Å². The van der Waals surface area contributed by atoms with Gasteiger partial charge in [-0.1, -0.05) is 31.4 Å². The molecule has 2 aromatic heterocycles. The van der Waals surface area contributed by atoms with Crippen molar-refractivity contribution in [2.45, 2.75) is 44.7 Å². The van der Waals surface area contributed by atoms with Gasteiger partial charge in [0, 0.05) is 29.7 Å². The van der Waals surface area contributed by atoms with Crippen LogP contribution in [-0.2, 0) is 6.54 Å². The van der Waals surface area contributed by atoms with E-state index >= 15 is 0 Å². The maximum atomic E-state index is 13.2. The zero-order valence-electron chi connectivity index (χ0n) is 13.6. The molecule has 0 bridgehead atoms. The molecule has 4 nitrogen and oxygen atoms in total. The molecule has 0 radical (unpaired) electrons. The Labute approximate surface area is 140 Å². The summed E-state index contributed by atoms with van der Waals surface area (Å²) in [6, 6.07) is 7.14. The zero-order chi connectivity index (χ0) is 16.4. The second-order valence-corrected chi connectivity index (χ2v) is 6.47. The molecule has 24 heavy (non-hydrogen) atoms.